The van der Waals surface area contributed by atoms with Gasteiger partial charge in [-0.1, -0.05) is 13.3 Å². The highest BCUT2D eigenvalue weighted by atomic mass is 15.6. The van der Waals surface area contributed by atoms with Crippen LogP contribution in [0.1, 0.15) is 30.9 Å². The summed E-state index contributed by atoms with van der Waals surface area (Å²) >= 11 is 0. The van der Waals surface area contributed by atoms with E-state index in [1.165, 1.54) is 0 Å². The Hall–Kier alpha value is -2.76. The molecule has 1 aliphatic rings. The lowest BCUT2D eigenvalue weighted by atomic mass is 10.2. The van der Waals surface area contributed by atoms with Crippen molar-refractivity contribution in [3.8, 4) is 0 Å². The van der Waals surface area contributed by atoms with Gasteiger partial charge in [-0.05, 0) is 30.7 Å². The van der Waals surface area contributed by atoms with Crippen LogP contribution in [-0.2, 0) is 0 Å². The van der Waals surface area contributed by atoms with Crippen molar-refractivity contribution in [3.05, 3.63) is 60.2 Å². The molecule has 3 rings (SSSR count). The number of nitrogens with zero attached hydrogens (tertiary/aromatic N) is 5. The van der Waals surface area contributed by atoms with E-state index in [1.807, 2.05) is 29.3 Å². The van der Waals surface area contributed by atoms with Crippen molar-refractivity contribution in [1.29, 1.82) is 0 Å². The average Bonchev–Trinajstić information content (AvgIpc) is 2.61. The number of hydrogen-bond acceptors (Lipinski definition) is 6. The molecule has 0 bridgehead atoms. The molecule has 3 heterocycles. The van der Waals surface area contributed by atoms with Crippen LogP contribution in [0, 0.1) is 0 Å². The fourth-order valence-electron chi connectivity index (χ4n) is 2.17. The summed E-state index contributed by atoms with van der Waals surface area (Å²) in [6.07, 6.45) is 9.23. The van der Waals surface area contributed by atoms with E-state index < -0.39 is 0 Å². The summed E-state index contributed by atoms with van der Waals surface area (Å²) in [7, 11) is 0. The van der Waals surface area contributed by atoms with Crippen LogP contribution in [0.5, 0.6) is 0 Å². The van der Waals surface area contributed by atoms with E-state index in [-0.39, 0.29) is 0 Å². The fraction of sp³-hybridized carbons (Fsp3) is 0.250. The highest BCUT2D eigenvalue weighted by molar-refractivity contribution is 6.05. The predicted octanol–water partition coefficient (Wildman–Crippen LogP) is 2.21. The Morgan fingerprint density at radius 1 is 1.00 bits per heavy atom. The van der Waals surface area contributed by atoms with Gasteiger partial charge < -0.3 is 0 Å². The first-order valence-electron chi connectivity index (χ1n) is 7.39. The van der Waals surface area contributed by atoms with Gasteiger partial charge in [-0.2, -0.15) is 0 Å². The van der Waals surface area contributed by atoms with Crippen LogP contribution in [-0.4, -0.2) is 33.2 Å². The van der Waals surface area contributed by atoms with Crippen LogP contribution in [0.15, 0.2) is 59.3 Å². The Bertz CT molecular complexity index is 666. The summed E-state index contributed by atoms with van der Waals surface area (Å²) < 4.78 is 0. The predicted molar refractivity (Wildman–Crippen MR) is 86.3 cm³/mol. The molecule has 0 fully saturated rings. The number of unbranched alkanes of at least 4 members (excludes halogenated alkanes) is 1. The van der Waals surface area contributed by atoms with Crippen LogP contribution in [0.25, 0.3) is 0 Å². The van der Waals surface area contributed by atoms with Crippen molar-refractivity contribution in [2.24, 2.45) is 10.2 Å². The molecule has 22 heavy (non-hydrogen) atoms. The molecular formula is C16H18N6. The maximum Gasteiger partial charge on any atom is 0.178 e. The number of nitrogens with one attached hydrogen (secondary N) is 1. The average molecular weight is 294 g/mol. The molecule has 0 aliphatic carbocycles. The molecule has 0 atom stereocenters. The first-order chi connectivity index (χ1) is 10.9. The van der Waals surface area contributed by atoms with Crippen LogP contribution in [0.4, 0.5) is 0 Å². The number of hydrogen-bond donors (Lipinski definition) is 1. The normalized spacial score (nSPS) is 14.1. The van der Waals surface area contributed by atoms with E-state index >= 15 is 0 Å². The topological polar surface area (TPSA) is 65.8 Å². The Kier molecular flexibility index (Phi) is 4.38. The molecule has 1 N–H and O–H groups in total. The molecule has 2 aromatic heterocycles. The van der Waals surface area contributed by atoms with Gasteiger partial charge in [0.15, 0.2) is 11.7 Å². The zero-order valence-corrected chi connectivity index (χ0v) is 12.5. The Balaban J connectivity index is 1.92. The van der Waals surface area contributed by atoms with Gasteiger partial charge in [0.1, 0.15) is 0 Å². The van der Waals surface area contributed by atoms with E-state index in [0.29, 0.717) is 5.84 Å². The summed E-state index contributed by atoms with van der Waals surface area (Å²) in [6.45, 7) is 3.02. The van der Waals surface area contributed by atoms with Crippen molar-refractivity contribution in [2.75, 3.05) is 6.54 Å². The lowest BCUT2D eigenvalue weighted by molar-refractivity contribution is 0.361. The second-order valence-corrected chi connectivity index (χ2v) is 4.97. The lowest BCUT2D eigenvalue weighted by Gasteiger charge is -2.29. The smallest absolute Gasteiger partial charge is 0.178 e. The Labute approximate surface area is 129 Å². The van der Waals surface area contributed by atoms with Crippen molar-refractivity contribution in [2.45, 2.75) is 19.8 Å². The molecule has 0 saturated heterocycles. The van der Waals surface area contributed by atoms with Crippen LogP contribution in [0.3, 0.4) is 0 Å². The lowest BCUT2D eigenvalue weighted by Crippen LogP contribution is -2.49. The largest absolute Gasteiger partial charge is 0.278 e. The third kappa shape index (κ3) is 3.11. The molecule has 0 amide bonds. The maximum atomic E-state index is 4.39. The highest BCUT2D eigenvalue weighted by Crippen LogP contribution is 2.11. The molecule has 6 heteroatoms. The second-order valence-electron chi connectivity index (χ2n) is 4.97. The van der Waals surface area contributed by atoms with Crippen LogP contribution < -0.4 is 5.43 Å². The molecule has 1 aliphatic heterocycles. The molecular weight excluding hydrogens is 276 g/mol. The van der Waals surface area contributed by atoms with E-state index in [2.05, 4.69) is 32.5 Å². The number of pyridine rings is 2. The summed E-state index contributed by atoms with van der Waals surface area (Å²) in [5.41, 5.74) is 5.20. The zero-order chi connectivity index (χ0) is 15.2. The second kappa shape index (κ2) is 6.80. The number of rotatable bonds is 5. The van der Waals surface area contributed by atoms with Crippen molar-refractivity contribution < 1.29 is 0 Å². The first kappa shape index (κ1) is 14.2. The molecule has 0 radical (unpaired) electrons. The third-order valence-corrected chi connectivity index (χ3v) is 3.33. The van der Waals surface area contributed by atoms with E-state index in [0.717, 1.165) is 36.3 Å². The fourth-order valence-corrected chi connectivity index (χ4v) is 2.17. The molecule has 0 unspecified atom stereocenters. The minimum atomic E-state index is 0.705. The number of hydrazine groups is 1. The van der Waals surface area contributed by atoms with Gasteiger partial charge in [0, 0.05) is 42.5 Å². The zero-order valence-electron chi connectivity index (χ0n) is 12.5. The molecule has 0 aromatic carbocycles. The van der Waals surface area contributed by atoms with Gasteiger partial charge >= 0.3 is 0 Å². The summed E-state index contributed by atoms with van der Waals surface area (Å²) in [5, 5.41) is 10.7. The number of amidine groups is 2. The molecule has 6 nitrogen and oxygen atoms in total. The van der Waals surface area contributed by atoms with Gasteiger partial charge in [0.25, 0.3) is 0 Å². The summed E-state index contributed by atoms with van der Waals surface area (Å²) in [4.78, 5) is 8.28. The van der Waals surface area contributed by atoms with E-state index in [9.17, 15) is 0 Å². The van der Waals surface area contributed by atoms with Gasteiger partial charge in [-0.25, -0.2) is 0 Å². The number of aromatic nitrogens is 2. The standard InChI is InChI=1S/C16H18N6/c1-2-3-10-22-16(14-7-5-9-18-12-14)20-19-15(21-22)13-6-4-8-17-11-13/h4-9,11-12H,2-3,10H2,1H3,(H,19,21). The van der Waals surface area contributed by atoms with Gasteiger partial charge in [0.2, 0.25) is 0 Å². The van der Waals surface area contributed by atoms with Crippen molar-refractivity contribution in [1.82, 2.24) is 20.4 Å². The molecule has 2 aromatic rings. The molecule has 0 spiro atoms. The van der Waals surface area contributed by atoms with E-state index in [4.69, 9.17) is 0 Å². The van der Waals surface area contributed by atoms with Gasteiger partial charge in [0.05, 0.1) is 0 Å². The van der Waals surface area contributed by atoms with Crippen molar-refractivity contribution >= 4 is 11.7 Å². The SMILES string of the molecule is CCCCN1NC(c2cccnc2)=NN=C1c1cccnc1. The van der Waals surface area contributed by atoms with Crippen LogP contribution >= 0.6 is 0 Å². The molecule has 0 saturated carbocycles. The van der Waals surface area contributed by atoms with Crippen LogP contribution in [0.2, 0.25) is 0 Å². The Morgan fingerprint density at radius 2 is 1.73 bits per heavy atom. The monoisotopic (exact) mass is 294 g/mol. The summed E-state index contributed by atoms with van der Waals surface area (Å²) in [5.74, 6) is 1.49. The minimum Gasteiger partial charge on any atom is -0.278 e. The first-order valence-corrected chi connectivity index (χ1v) is 7.39. The van der Waals surface area contributed by atoms with Gasteiger partial charge in [-0.3, -0.25) is 20.4 Å². The van der Waals surface area contributed by atoms with Gasteiger partial charge in [-0.15, -0.1) is 10.2 Å². The maximum absolute atomic E-state index is 4.39. The molecule has 112 valence electrons. The minimum absolute atomic E-state index is 0.705. The highest BCUT2D eigenvalue weighted by Gasteiger charge is 2.20. The summed E-state index contributed by atoms with van der Waals surface area (Å²) in [6, 6.07) is 7.73. The van der Waals surface area contributed by atoms with E-state index in [1.54, 1.807) is 24.8 Å². The Morgan fingerprint density at radius 3 is 2.36 bits per heavy atom. The third-order valence-electron chi connectivity index (χ3n) is 3.33. The van der Waals surface area contributed by atoms with Crippen molar-refractivity contribution in [3.63, 3.8) is 0 Å². The quantitative estimate of drug-likeness (QED) is 0.918.